The van der Waals surface area contributed by atoms with Crippen molar-refractivity contribution in [2.45, 2.75) is 20.3 Å². The molecule has 0 bridgehead atoms. The molecule has 12 heteroatoms. The Bertz CT molecular complexity index is 1560. The molecular formula is C31H30FN3O8. The van der Waals surface area contributed by atoms with Gasteiger partial charge in [0.1, 0.15) is 11.4 Å². The maximum absolute atomic E-state index is 13.4. The van der Waals surface area contributed by atoms with E-state index >= 15 is 0 Å². The van der Waals surface area contributed by atoms with Gasteiger partial charge in [-0.2, -0.15) is 0 Å². The van der Waals surface area contributed by atoms with Crippen LogP contribution in [0.15, 0.2) is 66.2 Å². The highest BCUT2D eigenvalue weighted by Crippen LogP contribution is 2.34. The van der Waals surface area contributed by atoms with Crippen LogP contribution >= 0.6 is 0 Å². The average Bonchev–Trinajstić information content (AvgIpc) is 2.99. The third kappa shape index (κ3) is 7.47. The van der Waals surface area contributed by atoms with Crippen LogP contribution in [0.1, 0.15) is 25.8 Å². The Morgan fingerprint density at radius 1 is 0.907 bits per heavy atom. The number of urea groups is 1. The van der Waals surface area contributed by atoms with Crippen molar-refractivity contribution in [3.8, 4) is 23.0 Å². The molecule has 224 valence electrons. The average molecular weight is 592 g/mol. The molecule has 1 fully saturated rings. The molecule has 5 amide bonds. The minimum atomic E-state index is -0.905. The molecule has 0 saturated carbocycles. The first kappa shape index (κ1) is 30.6. The van der Waals surface area contributed by atoms with Gasteiger partial charge in [-0.15, -0.1) is 0 Å². The Hall–Kier alpha value is -5.39. The van der Waals surface area contributed by atoms with Gasteiger partial charge in [0.2, 0.25) is 0 Å². The quantitative estimate of drug-likeness (QED) is 0.229. The van der Waals surface area contributed by atoms with E-state index in [1.54, 1.807) is 19.1 Å². The van der Waals surface area contributed by atoms with Crippen molar-refractivity contribution in [1.29, 1.82) is 0 Å². The van der Waals surface area contributed by atoms with Crippen LogP contribution < -0.4 is 34.5 Å². The summed E-state index contributed by atoms with van der Waals surface area (Å²) < 4.78 is 35.4. The van der Waals surface area contributed by atoms with Gasteiger partial charge in [-0.25, -0.2) is 14.1 Å². The lowest BCUT2D eigenvalue weighted by Gasteiger charge is -2.27. The number of benzene rings is 3. The second-order valence-electron chi connectivity index (χ2n) is 9.12. The lowest BCUT2D eigenvalue weighted by atomic mass is 10.1. The lowest BCUT2D eigenvalue weighted by molar-refractivity contribution is -0.122. The molecule has 3 aromatic rings. The van der Waals surface area contributed by atoms with Crippen molar-refractivity contribution in [1.82, 2.24) is 5.32 Å². The van der Waals surface area contributed by atoms with Crippen molar-refractivity contribution >= 4 is 41.2 Å². The maximum atomic E-state index is 13.4. The number of amides is 5. The molecule has 4 rings (SSSR count). The van der Waals surface area contributed by atoms with Crippen molar-refractivity contribution in [3.05, 3.63) is 77.6 Å². The third-order valence-corrected chi connectivity index (χ3v) is 6.03. The zero-order chi connectivity index (χ0) is 30.9. The third-order valence-electron chi connectivity index (χ3n) is 6.03. The number of imide groups is 2. The lowest BCUT2D eigenvalue weighted by Crippen LogP contribution is -2.54. The summed E-state index contributed by atoms with van der Waals surface area (Å²) in [6, 6.07) is 13.6. The smallest absolute Gasteiger partial charge is 0.335 e. The molecule has 1 aliphatic rings. The molecule has 0 unspecified atom stereocenters. The largest absolute Gasteiger partial charge is 0.493 e. The summed E-state index contributed by atoms with van der Waals surface area (Å²) in [4.78, 5) is 52.0. The Morgan fingerprint density at radius 2 is 1.63 bits per heavy atom. The predicted octanol–water partition coefficient (Wildman–Crippen LogP) is 4.71. The van der Waals surface area contributed by atoms with Crippen LogP contribution in [0.2, 0.25) is 0 Å². The molecule has 0 aromatic heterocycles. The van der Waals surface area contributed by atoms with Crippen molar-refractivity contribution in [3.63, 3.8) is 0 Å². The first-order chi connectivity index (χ1) is 20.7. The Morgan fingerprint density at radius 3 is 2.33 bits per heavy atom. The van der Waals surface area contributed by atoms with Gasteiger partial charge in [0, 0.05) is 11.8 Å². The second kappa shape index (κ2) is 14.0. The Labute approximate surface area is 247 Å². The highest BCUT2D eigenvalue weighted by molar-refractivity contribution is 6.39. The minimum Gasteiger partial charge on any atom is -0.493 e. The maximum Gasteiger partial charge on any atom is 0.335 e. The summed E-state index contributed by atoms with van der Waals surface area (Å²) in [7, 11) is 1.39. The summed E-state index contributed by atoms with van der Waals surface area (Å²) >= 11 is 0. The Balaban J connectivity index is 1.53. The van der Waals surface area contributed by atoms with Crippen LogP contribution in [-0.2, 0) is 14.4 Å². The first-order valence-electron chi connectivity index (χ1n) is 13.4. The number of carbonyl (C=O) groups excluding carboxylic acids is 4. The highest BCUT2D eigenvalue weighted by atomic mass is 19.1. The number of ether oxygens (including phenoxy) is 4. The normalized spacial score (nSPS) is 13.9. The molecule has 3 aromatic carbocycles. The van der Waals surface area contributed by atoms with E-state index in [4.69, 9.17) is 18.9 Å². The van der Waals surface area contributed by atoms with Crippen LogP contribution in [0.3, 0.4) is 0 Å². The van der Waals surface area contributed by atoms with E-state index in [1.165, 1.54) is 61.7 Å². The number of hydrogen-bond acceptors (Lipinski definition) is 8. The monoisotopic (exact) mass is 591 g/mol. The number of hydrogen-bond donors (Lipinski definition) is 2. The molecule has 0 atom stereocenters. The van der Waals surface area contributed by atoms with Crippen LogP contribution in [-0.4, -0.2) is 50.7 Å². The molecule has 1 saturated heterocycles. The summed E-state index contributed by atoms with van der Waals surface area (Å²) in [5.41, 5.74) is 0.694. The van der Waals surface area contributed by atoms with Gasteiger partial charge in [-0.3, -0.25) is 19.7 Å². The van der Waals surface area contributed by atoms with Crippen molar-refractivity contribution < 1.29 is 42.5 Å². The summed E-state index contributed by atoms with van der Waals surface area (Å²) in [6.07, 6.45) is 2.09. The van der Waals surface area contributed by atoms with Crippen molar-refractivity contribution in [2.24, 2.45) is 0 Å². The van der Waals surface area contributed by atoms with E-state index in [9.17, 15) is 23.6 Å². The fourth-order valence-electron chi connectivity index (χ4n) is 4.06. The van der Waals surface area contributed by atoms with Crippen molar-refractivity contribution in [2.75, 3.05) is 37.1 Å². The number of halogens is 1. The molecule has 11 nitrogen and oxygen atoms in total. The number of barbiturate groups is 1. The van der Waals surface area contributed by atoms with Gasteiger partial charge in [0.15, 0.2) is 29.6 Å². The van der Waals surface area contributed by atoms with E-state index in [0.717, 1.165) is 11.3 Å². The molecule has 0 radical (unpaired) electrons. The number of methoxy groups -OCH3 is 1. The standard InChI is InChI=1S/C31H30FN3O8/c1-4-14-42-25-13-11-22(17-27(25)41-5-2)35-30(38)23(29(37)34-31(35)39)15-19-6-12-24(26(16-19)40-3)43-18-28(36)33-21-9-7-20(32)8-10-21/h6-13,15-17H,4-5,14,18H2,1-3H3,(H,33,36)(H,34,37,39)/b23-15+. The molecule has 0 aliphatic carbocycles. The van der Waals surface area contributed by atoms with E-state index < -0.39 is 29.6 Å². The molecule has 43 heavy (non-hydrogen) atoms. The van der Waals surface area contributed by atoms with E-state index in [2.05, 4.69) is 10.6 Å². The predicted molar refractivity (Wildman–Crippen MR) is 156 cm³/mol. The topological polar surface area (TPSA) is 132 Å². The van der Waals surface area contributed by atoms with Crippen LogP contribution in [0, 0.1) is 5.82 Å². The molecule has 1 aliphatic heterocycles. The number of nitrogens with one attached hydrogen (secondary N) is 2. The zero-order valence-corrected chi connectivity index (χ0v) is 23.8. The number of rotatable bonds is 12. The SMILES string of the molecule is CCCOc1ccc(N2C(=O)NC(=O)/C(=C\c3ccc(OCC(=O)Nc4ccc(F)cc4)c(OC)c3)C2=O)cc1OCC. The van der Waals surface area contributed by atoms with Crippen LogP contribution in [0.25, 0.3) is 6.08 Å². The summed E-state index contributed by atoms with van der Waals surface area (Å²) in [5, 5.41) is 4.78. The van der Waals surface area contributed by atoms with Gasteiger partial charge in [-0.05, 0) is 73.5 Å². The molecular weight excluding hydrogens is 561 g/mol. The molecule has 2 N–H and O–H groups in total. The summed E-state index contributed by atoms with van der Waals surface area (Å²) in [5.74, 6) is -1.34. The molecule has 1 heterocycles. The minimum absolute atomic E-state index is 0.188. The zero-order valence-electron chi connectivity index (χ0n) is 23.8. The van der Waals surface area contributed by atoms with Gasteiger partial charge in [-0.1, -0.05) is 13.0 Å². The fourth-order valence-corrected chi connectivity index (χ4v) is 4.06. The molecule has 0 spiro atoms. The van der Waals surface area contributed by atoms with E-state index in [-0.39, 0.29) is 29.4 Å². The summed E-state index contributed by atoms with van der Waals surface area (Å²) in [6.45, 7) is 4.18. The van der Waals surface area contributed by atoms with Crippen LogP contribution in [0.5, 0.6) is 23.0 Å². The number of anilines is 2. The van der Waals surface area contributed by atoms with Crippen LogP contribution in [0.4, 0.5) is 20.6 Å². The number of carbonyl (C=O) groups is 4. The van der Waals surface area contributed by atoms with Gasteiger partial charge < -0.3 is 24.3 Å². The van der Waals surface area contributed by atoms with E-state index in [1.807, 2.05) is 6.92 Å². The van der Waals surface area contributed by atoms with Gasteiger partial charge in [0.05, 0.1) is 26.0 Å². The van der Waals surface area contributed by atoms with E-state index in [0.29, 0.717) is 36.0 Å². The fraction of sp³-hybridized carbons (Fsp3) is 0.226. The number of nitrogens with zero attached hydrogens (tertiary/aromatic N) is 1. The van der Waals surface area contributed by atoms with Gasteiger partial charge in [0.25, 0.3) is 17.7 Å². The highest BCUT2D eigenvalue weighted by Gasteiger charge is 2.37. The first-order valence-corrected chi connectivity index (χ1v) is 13.4. The van der Waals surface area contributed by atoms with Gasteiger partial charge >= 0.3 is 6.03 Å². The Kier molecular flexibility index (Phi) is 9.94. The second-order valence-corrected chi connectivity index (χ2v) is 9.12.